The number of nitrogens with two attached hydrogens (primary N) is 1. The molecule has 0 bridgehead atoms. The maximum absolute atomic E-state index is 5.16. The molecule has 0 atom stereocenters. The topological polar surface area (TPSA) is 38.4 Å². The van der Waals surface area contributed by atoms with Gasteiger partial charge in [-0.25, -0.2) is 4.99 Å². The second kappa shape index (κ2) is 3.56. The van der Waals surface area contributed by atoms with Gasteiger partial charge in [0.25, 0.3) is 0 Å². The summed E-state index contributed by atoms with van der Waals surface area (Å²) in [6.07, 6.45) is 3.03. The van der Waals surface area contributed by atoms with E-state index in [2.05, 4.69) is 11.6 Å². The molecule has 0 fully saturated rings. The highest BCUT2D eigenvalue weighted by molar-refractivity contribution is 5.68. The number of rotatable bonds is 2. The van der Waals surface area contributed by atoms with Gasteiger partial charge >= 0.3 is 0 Å². The molecule has 2 heteroatoms. The molecule has 1 aromatic carbocycles. The van der Waals surface area contributed by atoms with Gasteiger partial charge in [-0.05, 0) is 11.6 Å². The Bertz CT molecular complexity index is 277. The summed E-state index contributed by atoms with van der Waals surface area (Å²) in [7, 11) is 0. The van der Waals surface area contributed by atoms with Crippen LogP contribution in [-0.4, -0.2) is 6.34 Å². The Kier molecular flexibility index (Phi) is 2.44. The summed E-state index contributed by atoms with van der Waals surface area (Å²) in [6, 6.07) is 7.68. The minimum Gasteiger partial charge on any atom is -0.390 e. The average molecular weight is 146 g/mol. The van der Waals surface area contributed by atoms with E-state index in [-0.39, 0.29) is 0 Å². The first-order valence-corrected chi connectivity index (χ1v) is 3.34. The zero-order chi connectivity index (χ0) is 8.10. The molecule has 0 spiro atoms. The molecule has 2 N–H and O–H groups in total. The van der Waals surface area contributed by atoms with Gasteiger partial charge in [0.05, 0.1) is 12.0 Å². The largest absolute Gasteiger partial charge is 0.390 e. The highest BCUT2D eigenvalue weighted by atomic mass is 14.8. The number of hydrogen-bond donors (Lipinski definition) is 1. The molecule has 0 radical (unpaired) electrons. The quantitative estimate of drug-likeness (QED) is 0.502. The van der Waals surface area contributed by atoms with Gasteiger partial charge < -0.3 is 5.73 Å². The highest BCUT2D eigenvalue weighted by Gasteiger charge is 1.91. The van der Waals surface area contributed by atoms with Gasteiger partial charge in [-0.2, -0.15) is 0 Å². The molecule has 0 saturated carbocycles. The number of aliphatic imine (C=N–C) groups is 1. The maximum atomic E-state index is 5.16. The molecule has 1 aromatic rings. The maximum Gasteiger partial charge on any atom is 0.0860 e. The molecule has 2 nitrogen and oxygen atoms in total. The third kappa shape index (κ3) is 1.67. The molecule has 0 heterocycles. The predicted octanol–water partition coefficient (Wildman–Crippen LogP) is 1.95. The van der Waals surface area contributed by atoms with Crippen molar-refractivity contribution in [3.05, 3.63) is 36.4 Å². The minimum absolute atomic E-state index is 0.852. The van der Waals surface area contributed by atoms with Gasteiger partial charge in [0, 0.05) is 0 Å². The number of para-hydroxylation sites is 1. The van der Waals surface area contributed by atoms with Crippen molar-refractivity contribution in [2.45, 2.75) is 0 Å². The van der Waals surface area contributed by atoms with Crippen LogP contribution in [0.2, 0.25) is 0 Å². The van der Waals surface area contributed by atoms with E-state index in [9.17, 15) is 0 Å². The Labute approximate surface area is 66.1 Å². The van der Waals surface area contributed by atoms with Gasteiger partial charge in [0.1, 0.15) is 0 Å². The summed E-state index contributed by atoms with van der Waals surface area (Å²) < 4.78 is 0. The van der Waals surface area contributed by atoms with Crippen molar-refractivity contribution in [2.24, 2.45) is 10.7 Å². The van der Waals surface area contributed by atoms with Crippen molar-refractivity contribution in [3.8, 4) is 0 Å². The number of nitrogens with zero attached hydrogens (tertiary/aromatic N) is 1. The Hall–Kier alpha value is -1.57. The van der Waals surface area contributed by atoms with Crippen LogP contribution in [0.25, 0.3) is 6.08 Å². The van der Waals surface area contributed by atoms with Gasteiger partial charge in [-0.1, -0.05) is 30.9 Å². The first-order chi connectivity index (χ1) is 5.38. The molecule has 0 saturated heterocycles. The average Bonchev–Trinajstić information content (AvgIpc) is 2.06. The van der Waals surface area contributed by atoms with Gasteiger partial charge in [0.2, 0.25) is 0 Å². The van der Waals surface area contributed by atoms with Crippen LogP contribution >= 0.6 is 0 Å². The summed E-state index contributed by atoms with van der Waals surface area (Å²) in [5, 5.41) is 0. The molecule has 56 valence electrons. The van der Waals surface area contributed by atoms with Crippen molar-refractivity contribution < 1.29 is 0 Å². The second-order valence-corrected chi connectivity index (χ2v) is 2.04. The standard InChI is InChI=1S/C9H10N2/c1-2-8-5-3-4-6-9(8)11-7-10/h2-7H,1H2,(H2,10,11). The molecule has 0 aliphatic heterocycles. The lowest BCUT2D eigenvalue weighted by Crippen LogP contribution is -1.87. The van der Waals surface area contributed by atoms with Crippen LogP contribution < -0.4 is 5.73 Å². The van der Waals surface area contributed by atoms with Crippen molar-refractivity contribution in [2.75, 3.05) is 0 Å². The zero-order valence-electron chi connectivity index (χ0n) is 6.20. The van der Waals surface area contributed by atoms with Crippen LogP contribution in [0.3, 0.4) is 0 Å². The van der Waals surface area contributed by atoms with Crippen LogP contribution in [0.15, 0.2) is 35.8 Å². The Morgan fingerprint density at radius 2 is 2.09 bits per heavy atom. The van der Waals surface area contributed by atoms with Gasteiger partial charge in [-0.3, -0.25) is 0 Å². The Balaban J connectivity index is 3.11. The number of hydrogen-bond acceptors (Lipinski definition) is 1. The van der Waals surface area contributed by atoms with Gasteiger partial charge in [-0.15, -0.1) is 0 Å². The van der Waals surface area contributed by atoms with Crippen LogP contribution in [0, 0.1) is 0 Å². The lowest BCUT2D eigenvalue weighted by atomic mass is 10.2. The SMILES string of the molecule is C=Cc1ccccc1/N=C\N. The summed E-state index contributed by atoms with van der Waals surface area (Å²) >= 11 is 0. The van der Waals surface area contributed by atoms with E-state index in [1.54, 1.807) is 6.08 Å². The summed E-state index contributed by atoms with van der Waals surface area (Å²) in [4.78, 5) is 3.96. The molecule has 0 amide bonds. The van der Waals surface area contributed by atoms with Crippen LogP contribution in [-0.2, 0) is 0 Å². The highest BCUT2D eigenvalue weighted by Crippen LogP contribution is 2.18. The summed E-state index contributed by atoms with van der Waals surface area (Å²) in [6.45, 7) is 3.66. The molecule has 1 rings (SSSR count). The van der Waals surface area contributed by atoms with E-state index in [1.165, 1.54) is 6.34 Å². The Morgan fingerprint density at radius 3 is 2.73 bits per heavy atom. The monoisotopic (exact) mass is 146 g/mol. The van der Waals surface area contributed by atoms with Crippen LogP contribution in [0.5, 0.6) is 0 Å². The number of benzene rings is 1. The Morgan fingerprint density at radius 1 is 1.36 bits per heavy atom. The van der Waals surface area contributed by atoms with E-state index in [1.807, 2.05) is 24.3 Å². The van der Waals surface area contributed by atoms with Crippen molar-refractivity contribution in [1.82, 2.24) is 0 Å². The van der Waals surface area contributed by atoms with Crippen molar-refractivity contribution in [3.63, 3.8) is 0 Å². The molecule has 0 aliphatic carbocycles. The minimum atomic E-state index is 0.852. The van der Waals surface area contributed by atoms with E-state index >= 15 is 0 Å². The van der Waals surface area contributed by atoms with Crippen LogP contribution in [0.4, 0.5) is 5.69 Å². The van der Waals surface area contributed by atoms with Crippen molar-refractivity contribution >= 4 is 18.1 Å². The molecular formula is C9H10N2. The molecular weight excluding hydrogens is 136 g/mol. The first kappa shape index (κ1) is 7.54. The van der Waals surface area contributed by atoms with Crippen LogP contribution in [0.1, 0.15) is 5.56 Å². The van der Waals surface area contributed by atoms with E-state index in [4.69, 9.17) is 5.73 Å². The molecule has 0 unspecified atom stereocenters. The molecule has 0 aromatic heterocycles. The third-order valence-corrected chi connectivity index (χ3v) is 1.37. The summed E-state index contributed by atoms with van der Waals surface area (Å²) in [5.74, 6) is 0. The second-order valence-electron chi connectivity index (χ2n) is 2.04. The predicted molar refractivity (Wildman–Crippen MR) is 48.9 cm³/mol. The fourth-order valence-corrected chi connectivity index (χ4v) is 0.858. The van der Waals surface area contributed by atoms with Gasteiger partial charge in [0.15, 0.2) is 0 Å². The van der Waals surface area contributed by atoms with Crippen molar-refractivity contribution in [1.29, 1.82) is 0 Å². The lowest BCUT2D eigenvalue weighted by molar-refractivity contribution is 1.49. The molecule has 11 heavy (non-hydrogen) atoms. The lowest BCUT2D eigenvalue weighted by Gasteiger charge is -1.96. The third-order valence-electron chi connectivity index (χ3n) is 1.37. The smallest absolute Gasteiger partial charge is 0.0860 e. The normalized spacial score (nSPS) is 10.2. The first-order valence-electron chi connectivity index (χ1n) is 3.34. The molecule has 0 aliphatic rings. The fraction of sp³-hybridized carbons (Fsp3) is 0. The van der Waals surface area contributed by atoms with E-state index < -0.39 is 0 Å². The zero-order valence-corrected chi connectivity index (χ0v) is 6.20. The van der Waals surface area contributed by atoms with E-state index in [0.29, 0.717) is 0 Å². The summed E-state index contributed by atoms with van der Waals surface area (Å²) in [5.41, 5.74) is 7.00. The van der Waals surface area contributed by atoms with E-state index in [0.717, 1.165) is 11.3 Å². The fourth-order valence-electron chi connectivity index (χ4n) is 0.858.